The minimum Gasteiger partial charge on any atom is -0.478 e. The second kappa shape index (κ2) is 9.38. The van der Waals surface area contributed by atoms with E-state index in [1.54, 1.807) is 0 Å². The lowest BCUT2D eigenvalue weighted by Crippen LogP contribution is -2.27. The summed E-state index contributed by atoms with van der Waals surface area (Å²) in [5, 5.41) is 23.7. The average Bonchev–Trinajstić information content (AvgIpc) is 3.11. The maximum Gasteiger partial charge on any atom is 0.328 e. The van der Waals surface area contributed by atoms with Gasteiger partial charge in [0.25, 0.3) is 0 Å². The van der Waals surface area contributed by atoms with Crippen molar-refractivity contribution in [3.8, 4) is 5.69 Å². The minimum atomic E-state index is -1.26. The third-order valence-corrected chi connectivity index (χ3v) is 5.10. The van der Waals surface area contributed by atoms with Gasteiger partial charge in [0.1, 0.15) is 0 Å². The second-order valence-corrected chi connectivity index (χ2v) is 7.11. The predicted octanol–water partition coefficient (Wildman–Crippen LogP) is 1.65. The Morgan fingerprint density at radius 2 is 1.79 bits per heavy atom. The summed E-state index contributed by atoms with van der Waals surface area (Å²) in [6.45, 7) is 3.28. The van der Waals surface area contributed by atoms with E-state index in [-0.39, 0.29) is 0 Å². The van der Waals surface area contributed by atoms with E-state index < -0.39 is 11.9 Å². The number of aryl methyl sites for hydroxylation is 1. The molecule has 1 aromatic carbocycles. The summed E-state index contributed by atoms with van der Waals surface area (Å²) < 4.78 is 2.07. The number of aliphatic carboxylic acids is 2. The topological polar surface area (TPSA) is 108 Å². The van der Waals surface area contributed by atoms with E-state index in [1.807, 2.05) is 12.3 Å². The van der Waals surface area contributed by atoms with Crippen LogP contribution in [0.15, 0.2) is 36.7 Å². The Labute approximate surface area is 169 Å². The first-order valence-electron chi connectivity index (χ1n) is 9.70. The van der Waals surface area contributed by atoms with Crippen LogP contribution in [0.3, 0.4) is 0 Å². The second-order valence-electron chi connectivity index (χ2n) is 7.11. The molecule has 3 N–H and O–H groups in total. The van der Waals surface area contributed by atoms with Crippen molar-refractivity contribution in [2.75, 3.05) is 31.6 Å². The fraction of sp³-hybridized carbons (Fsp3) is 0.381. The van der Waals surface area contributed by atoms with E-state index >= 15 is 0 Å². The van der Waals surface area contributed by atoms with Gasteiger partial charge in [0.05, 0.1) is 11.4 Å². The Morgan fingerprint density at radius 3 is 2.45 bits per heavy atom. The molecule has 2 aliphatic heterocycles. The van der Waals surface area contributed by atoms with Gasteiger partial charge in [-0.1, -0.05) is 6.07 Å². The van der Waals surface area contributed by atoms with Crippen LogP contribution >= 0.6 is 0 Å². The SMILES string of the molecule is CN1CCCc2cc3c(c(-n4cccn4)c21)CCNCC3.O=C(O)/C=C/C(=O)O. The van der Waals surface area contributed by atoms with Gasteiger partial charge < -0.3 is 20.4 Å². The van der Waals surface area contributed by atoms with Crippen LogP contribution in [0.5, 0.6) is 0 Å². The molecule has 154 valence electrons. The molecule has 29 heavy (non-hydrogen) atoms. The number of anilines is 1. The maximum atomic E-state index is 9.55. The summed E-state index contributed by atoms with van der Waals surface area (Å²) >= 11 is 0. The van der Waals surface area contributed by atoms with E-state index in [9.17, 15) is 9.59 Å². The zero-order valence-electron chi connectivity index (χ0n) is 16.5. The number of carboxylic acid groups (broad SMARTS) is 2. The normalized spacial score (nSPS) is 15.7. The van der Waals surface area contributed by atoms with Gasteiger partial charge in [-0.15, -0.1) is 0 Å². The van der Waals surface area contributed by atoms with Crippen molar-refractivity contribution in [3.63, 3.8) is 0 Å². The molecule has 0 atom stereocenters. The van der Waals surface area contributed by atoms with Crippen LogP contribution in [0, 0.1) is 0 Å². The number of aromatic nitrogens is 2. The van der Waals surface area contributed by atoms with Crippen molar-refractivity contribution in [2.24, 2.45) is 0 Å². The van der Waals surface area contributed by atoms with Gasteiger partial charge in [-0.3, -0.25) is 0 Å². The highest BCUT2D eigenvalue weighted by molar-refractivity contribution is 5.89. The van der Waals surface area contributed by atoms with Crippen molar-refractivity contribution in [1.29, 1.82) is 0 Å². The molecule has 0 radical (unpaired) electrons. The Bertz CT molecular complexity index is 890. The van der Waals surface area contributed by atoms with Crippen molar-refractivity contribution in [2.45, 2.75) is 25.7 Å². The number of hydrogen-bond donors (Lipinski definition) is 3. The molecule has 0 saturated heterocycles. The number of nitrogens with zero attached hydrogens (tertiary/aromatic N) is 3. The number of benzene rings is 1. The molecular formula is C21H26N4O4. The molecule has 2 aliphatic rings. The summed E-state index contributed by atoms with van der Waals surface area (Å²) in [6.07, 6.45) is 9.73. The number of nitrogens with one attached hydrogen (secondary N) is 1. The minimum absolute atomic E-state index is 0.558. The Hall–Kier alpha value is -3.13. The van der Waals surface area contributed by atoms with Crippen LogP contribution < -0.4 is 10.2 Å². The van der Waals surface area contributed by atoms with Crippen LogP contribution in [0.1, 0.15) is 23.1 Å². The standard InChI is InChI=1S/C17H22N4.C4H4O4/c1-20-10-2-4-14-12-13-5-8-18-9-6-15(13)17(16(14)20)21-11-3-7-19-21;5-3(6)1-2-4(7)8/h3,7,11-12,18H,2,4-6,8-10H2,1H3;1-2H,(H,5,6)(H,7,8)/b;2-1+. The zero-order valence-corrected chi connectivity index (χ0v) is 16.5. The molecule has 8 heteroatoms. The highest BCUT2D eigenvalue weighted by Crippen LogP contribution is 2.37. The molecule has 0 fully saturated rings. The molecule has 0 saturated carbocycles. The van der Waals surface area contributed by atoms with Crippen LogP contribution in [0.2, 0.25) is 0 Å². The Kier molecular flexibility index (Phi) is 6.66. The van der Waals surface area contributed by atoms with Crippen molar-refractivity contribution in [1.82, 2.24) is 15.1 Å². The smallest absolute Gasteiger partial charge is 0.328 e. The quantitative estimate of drug-likeness (QED) is 0.675. The number of fused-ring (bicyclic) bond motifs is 2. The Morgan fingerprint density at radius 1 is 1.07 bits per heavy atom. The van der Waals surface area contributed by atoms with E-state index in [0.717, 1.165) is 32.5 Å². The van der Waals surface area contributed by atoms with Gasteiger partial charge in [0.15, 0.2) is 0 Å². The van der Waals surface area contributed by atoms with Gasteiger partial charge in [0.2, 0.25) is 0 Å². The van der Waals surface area contributed by atoms with Gasteiger partial charge >= 0.3 is 11.9 Å². The molecule has 0 amide bonds. The highest BCUT2D eigenvalue weighted by Gasteiger charge is 2.25. The summed E-state index contributed by atoms with van der Waals surface area (Å²) in [5.74, 6) is -2.51. The Balaban J connectivity index is 0.000000258. The molecule has 0 aliphatic carbocycles. The van der Waals surface area contributed by atoms with Crippen molar-refractivity contribution >= 4 is 17.6 Å². The van der Waals surface area contributed by atoms with E-state index in [1.165, 1.54) is 40.9 Å². The fourth-order valence-electron chi connectivity index (χ4n) is 3.90. The van der Waals surface area contributed by atoms with Crippen LogP contribution in [0.4, 0.5) is 5.69 Å². The molecular weight excluding hydrogens is 372 g/mol. The molecule has 1 aromatic heterocycles. The summed E-state index contributed by atoms with van der Waals surface area (Å²) in [6, 6.07) is 4.48. The van der Waals surface area contributed by atoms with Gasteiger partial charge in [0, 0.05) is 38.1 Å². The molecule has 0 unspecified atom stereocenters. The van der Waals surface area contributed by atoms with Gasteiger partial charge in [-0.05, 0) is 61.5 Å². The lowest BCUT2D eigenvalue weighted by atomic mass is 9.91. The van der Waals surface area contributed by atoms with E-state index in [4.69, 9.17) is 10.2 Å². The predicted molar refractivity (Wildman–Crippen MR) is 110 cm³/mol. The van der Waals surface area contributed by atoms with Gasteiger partial charge in [-0.2, -0.15) is 5.10 Å². The first kappa shape index (κ1) is 20.6. The van der Waals surface area contributed by atoms with Crippen LogP contribution in [-0.2, 0) is 28.9 Å². The molecule has 3 heterocycles. The molecule has 8 nitrogen and oxygen atoms in total. The van der Waals surface area contributed by atoms with Crippen LogP contribution in [-0.4, -0.2) is 58.6 Å². The fourth-order valence-corrected chi connectivity index (χ4v) is 3.90. The van der Waals surface area contributed by atoms with Crippen molar-refractivity contribution < 1.29 is 19.8 Å². The summed E-state index contributed by atoms with van der Waals surface area (Å²) in [4.78, 5) is 21.5. The third-order valence-electron chi connectivity index (χ3n) is 5.10. The summed E-state index contributed by atoms with van der Waals surface area (Å²) in [7, 11) is 2.21. The number of rotatable bonds is 3. The molecule has 0 spiro atoms. The maximum absolute atomic E-state index is 9.55. The number of hydrogen-bond acceptors (Lipinski definition) is 5. The third kappa shape index (κ3) is 5.03. The molecule has 0 bridgehead atoms. The molecule has 2 aromatic rings. The first-order chi connectivity index (χ1) is 14.0. The van der Waals surface area contributed by atoms with E-state index in [0.29, 0.717) is 12.2 Å². The average molecular weight is 398 g/mol. The first-order valence-corrected chi connectivity index (χ1v) is 9.70. The number of carboxylic acids is 2. The lowest BCUT2D eigenvalue weighted by molar-refractivity contribution is -0.134. The van der Waals surface area contributed by atoms with Gasteiger partial charge in [-0.25, -0.2) is 14.3 Å². The zero-order chi connectivity index (χ0) is 20.8. The summed E-state index contributed by atoms with van der Waals surface area (Å²) in [5.41, 5.74) is 7.20. The monoisotopic (exact) mass is 398 g/mol. The largest absolute Gasteiger partial charge is 0.478 e. The van der Waals surface area contributed by atoms with Crippen molar-refractivity contribution in [3.05, 3.63) is 53.4 Å². The van der Waals surface area contributed by atoms with E-state index in [2.05, 4.69) is 39.3 Å². The highest BCUT2D eigenvalue weighted by atomic mass is 16.4. The van der Waals surface area contributed by atoms with Crippen LogP contribution in [0.25, 0.3) is 5.69 Å². The lowest BCUT2D eigenvalue weighted by Gasteiger charge is -2.32. The number of carbonyl (C=O) groups is 2. The molecule has 4 rings (SSSR count).